The third-order valence-corrected chi connectivity index (χ3v) is 3.12. The van der Waals surface area contributed by atoms with Crippen molar-refractivity contribution in [2.24, 2.45) is 0 Å². The van der Waals surface area contributed by atoms with Gasteiger partial charge in [-0.25, -0.2) is 9.82 Å². The Balaban J connectivity index is 1.82. The molecule has 5 heteroatoms. The molecular formula is C17H19FN2O2. The summed E-state index contributed by atoms with van der Waals surface area (Å²) in [7, 11) is 0. The molecule has 0 aliphatic rings. The summed E-state index contributed by atoms with van der Waals surface area (Å²) in [5, 5.41) is 0. The third kappa shape index (κ3) is 4.86. The predicted octanol–water partition coefficient (Wildman–Crippen LogP) is 2.94. The van der Waals surface area contributed by atoms with Crippen LogP contribution < -0.4 is 15.6 Å². The highest BCUT2D eigenvalue weighted by Gasteiger charge is 2.02. The number of carbonyl (C=O) groups is 1. The maximum Gasteiger partial charge on any atom is 0.233 e. The highest BCUT2D eigenvalue weighted by atomic mass is 19.1. The Kier molecular flexibility index (Phi) is 5.91. The van der Waals surface area contributed by atoms with E-state index in [1.165, 1.54) is 6.07 Å². The van der Waals surface area contributed by atoms with Crippen molar-refractivity contribution in [1.82, 2.24) is 10.9 Å². The highest BCUT2D eigenvalue weighted by Crippen LogP contribution is 2.15. The lowest BCUT2D eigenvalue weighted by Gasteiger charge is -2.09. The Bertz CT molecular complexity index is 614. The van der Waals surface area contributed by atoms with E-state index in [4.69, 9.17) is 4.74 Å². The number of hydrogen-bond donors (Lipinski definition) is 2. The lowest BCUT2D eigenvalue weighted by Crippen LogP contribution is -2.36. The molecule has 2 N–H and O–H groups in total. The standard InChI is InChI=1S/C17H19FN2O2/c1-2-17(21)20-19-11-13-7-9-15(10-8-13)22-12-14-5-3-4-6-16(14)18/h3-10,19H,2,11-12H2,1H3,(H,20,21). The van der Waals surface area contributed by atoms with Crippen molar-refractivity contribution < 1.29 is 13.9 Å². The average Bonchev–Trinajstić information content (AvgIpc) is 2.55. The number of carbonyl (C=O) groups excluding carboxylic acids is 1. The third-order valence-electron chi connectivity index (χ3n) is 3.12. The molecule has 0 aromatic heterocycles. The van der Waals surface area contributed by atoms with Crippen molar-refractivity contribution in [3.05, 3.63) is 65.5 Å². The first-order chi connectivity index (χ1) is 10.7. The predicted molar refractivity (Wildman–Crippen MR) is 82.4 cm³/mol. The molecule has 0 spiro atoms. The van der Waals surface area contributed by atoms with Gasteiger partial charge in [0.15, 0.2) is 0 Å². The number of ether oxygens (including phenoxy) is 1. The van der Waals surface area contributed by atoms with E-state index in [9.17, 15) is 9.18 Å². The number of hydrazine groups is 1. The van der Waals surface area contributed by atoms with Crippen molar-refractivity contribution in [1.29, 1.82) is 0 Å². The van der Waals surface area contributed by atoms with Gasteiger partial charge in [-0.05, 0) is 23.8 Å². The zero-order valence-corrected chi connectivity index (χ0v) is 12.4. The van der Waals surface area contributed by atoms with Crippen LogP contribution in [0.3, 0.4) is 0 Å². The molecule has 0 aliphatic heterocycles. The largest absolute Gasteiger partial charge is 0.489 e. The van der Waals surface area contributed by atoms with Crippen LogP contribution in [0, 0.1) is 5.82 Å². The van der Waals surface area contributed by atoms with Crippen molar-refractivity contribution in [2.45, 2.75) is 26.5 Å². The smallest absolute Gasteiger partial charge is 0.233 e. The molecule has 2 aromatic rings. The summed E-state index contributed by atoms with van der Waals surface area (Å²) < 4.78 is 19.0. The average molecular weight is 302 g/mol. The first-order valence-corrected chi connectivity index (χ1v) is 7.16. The van der Waals surface area contributed by atoms with E-state index in [0.29, 0.717) is 24.3 Å². The molecule has 0 radical (unpaired) electrons. The zero-order valence-electron chi connectivity index (χ0n) is 12.4. The van der Waals surface area contributed by atoms with Gasteiger partial charge in [0.05, 0.1) is 0 Å². The number of amides is 1. The summed E-state index contributed by atoms with van der Waals surface area (Å²) in [6.07, 6.45) is 0.440. The van der Waals surface area contributed by atoms with Crippen molar-refractivity contribution in [3.8, 4) is 5.75 Å². The topological polar surface area (TPSA) is 50.4 Å². The first-order valence-electron chi connectivity index (χ1n) is 7.16. The van der Waals surface area contributed by atoms with Gasteiger partial charge in [-0.15, -0.1) is 0 Å². The van der Waals surface area contributed by atoms with Gasteiger partial charge in [-0.2, -0.15) is 0 Å². The lowest BCUT2D eigenvalue weighted by molar-refractivity contribution is -0.121. The second-order valence-electron chi connectivity index (χ2n) is 4.78. The van der Waals surface area contributed by atoms with Crippen LogP contribution in [-0.2, 0) is 17.9 Å². The summed E-state index contributed by atoms with van der Waals surface area (Å²) in [6, 6.07) is 14.0. The van der Waals surface area contributed by atoms with Gasteiger partial charge < -0.3 is 4.74 Å². The van der Waals surface area contributed by atoms with E-state index < -0.39 is 0 Å². The summed E-state index contributed by atoms with van der Waals surface area (Å²) in [5.74, 6) is 0.351. The molecule has 0 aliphatic carbocycles. The minimum absolute atomic E-state index is 0.0511. The molecule has 0 atom stereocenters. The number of rotatable bonds is 7. The summed E-state index contributed by atoms with van der Waals surface area (Å²) in [4.78, 5) is 11.1. The van der Waals surface area contributed by atoms with Crippen molar-refractivity contribution in [2.75, 3.05) is 0 Å². The van der Waals surface area contributed by atoms with Crippen LogP contribution in [0.5, 0.6) is 5.75 Å². The minimum Gasteiger partial charge on any atom is -0.489 e. The summed E-state index contributed by atoms with van der Waals surface area (Å²) in [6.45, 7) is 2.51. The fourth-order valence-corrected chi connectivity index (χ4v) is 1.81. The van der Waals surface area contributed by atoms with Crippen molar-refractivity contribution in [3.63, 3.8) is 0 Å². The van der Waals surface area contributed by atoms with Crippen molar-refractivity contribution >= 4 is 5.91 Å². The van der Waals surface area contributed by atoms with Gasteiger partial charge in [0.1, 0.15) is 18.2 Å². The first kappa shape index (κ1) is 16.0. The summed E-state index contributed by atoms with van der Waals surface area (Å²) >= 11 is 0. The highest BCUT2D eigenvalue weighted by molar-refractivity contribution is 5.74. The Labute approximate surface area is 129 Å². The molecule has 1 amide bonds. The van der Waals surface area contributed by atoms with Gasteiger partial charge in [0.25, 0.3) is 0 Å². The van der Waals surface area contributed by atoms with Crippen LogP contribution in [0.25, 0.3) is 0 Å². The van der Waals surface area contributed by atoms with Crippen LogP contribution in [0.2, 0.25) is 0 Å². The fourth-order valence-electron chi connectivity index (χ4n) is 1.81. The molecule has 0 saturated heterocycles. The number of halogens is 1. The second kappa shape index (κ2) is 8.14. The molecular weight excluding hydrogens is 283 g/mol. The molecule has 0 saturated carbocycles. The molecule has 22 heavy (non-hydrogen) atoms. The minimum atomic E-state index is -0.269. The van der Waals surface area contributed by atoms with Crippen LogP contribution in [0.1, 0.15) is 24.5 Å². The van der Waals surface area contributed by atoms with E-state index in [1.54, 1.807) is 25.1 Å². The fraction of sp³-hybridized carbons (Fsp3) is 0.235. The summed E-state index contributed by atoms with van der Waals surface area (Å²) in [5.41, 5.74) is 6.97. The maximum atomic E-state index is 13.5. The van der Waals surface area contributed by atoms with E-state index in [0.717, 1.165) is 5.56 Å². The molecule has 0 heterocycles. The van der Waals surface area contributed by atoms with E-state index in [1.807, 2.05) is 24.3 Å². The van der Waals surface area contributed by atoms with Gasteiger partial charge in [0, 0.05) is 18.5 Å². The molecule has 2 rings (SSSR count). The van der Waals surface area contributed by atoms with E-state index in [-0.39, 0.29) is 18.3 Å². The molecule has 0 unspecified atom stereocenters. The lowest BCUT2D eigenvalue weighted by atomic mass is 10.2. The Morgan fingerprint density at radius 3 is 2.55 bits per heavy atom. The molecule has 0 bridgehead atoms. The van der Waals surface area contributed by atoms with Crippen LogP contribution in [-0.4, -0.2) is 5.91 Å². The number of hydrogen-bond acceptors (Lipinski definition) is 3. The normalized spacial score (nSPS) is 10.3. The molecule has 4 nitrogen and oxygen atoms in total. The van der Waals surface area contributed by atoms with Gasteiger partial charge >= 0.3 is 0 Å². The SMILES string of the molecule is CCC(=O)NNCc1ccc(OCc2ccccc2F)cc1. The van der Waals surface area contributed by atoms with E-state index in [2.05, 4.69) is 10.9 Å². The van der Waals surface area contributed by atoms with Gasteiger partial charge in [-0.3, -0.25) is 10.2 Å². The van der Waals surface area contributed by atoms with Gasteiger partial charge in [0.2, 0.25) is 5.91 Å². The molecule has 116 valence electrons. The van der Waals surface area contributed by atoms with Crippen LogP contribution in [0.4, 0.5) is 4.39 Å². The Morgan fingerprint density at radius 1 is 1.14 bits per heavy atom. The second-order valence-corrected chi connectivity index (χ2v) is 4.78. The number of nitrogens with one attached hydrogen (secondary N) is 2. The molecule has 0 fully saturated rings. The molecule has 2 aromatic carbocycles. The van der Waals surface area contributed by atoms with Crippen LogP contribution >= 0.6 is 0 Å². The monoisotopic (exact) mass is 302 g/mol. The number of benzene rings is 2. The Hall–Kier alpha value is -2.40. The van der Waals surface area contributed by atoms with E-state index >= 15 is 0 Å². The zero-order chi connectivity index (χ0) is 15.8. The van der Waals surface area contributed by atoms with Gasteiger partial charge in [-0.1, -0.05) is 37.3 Å². The Morgan fingerprint density at radius 2 is 1.86 bits per heavy atom. The quantitative estimate of drug-likeness (QED) is 0.773. The maximum absolute atomic E-state index is 13.5. The van der Waals surface area contributed by atoms with Crippen LogP contribution in [0.15, 0.2) is 48.5 Å².